The van der Waals surface area contributed by atoms with Gasteiger partial charge in [0.25, 0.3) is 0 Å². The van der Waals surface area contributed by atoms with E-state index in [1.54, 1.807) is 33.0 Å². The summed E-state index contributed by atoms with van der Waals surface area (Å²) in [5, 5.41) is 2.90. The van der Waals surface area contributed by atoms with Crippen LogP contribution in [-0.2, 0) is 81.3 Å². The molecule has 12 aromatic rings. The summed E-state index contributed by atoms with van der Waals surface area (Å²) in [5.74, 6) is 2.63. The molecule has 0 unspecified atom stereocenters. The van der Waals surface area contributed by atoms with E-state index in [1.807, 2.05) is 84.0 Å². The second-order valence-corrected chi connectivity index (χ2v) is 33.7. The first kappa shape index (κ1) is 91.5. The van der Waals surface area contributed by atoms with Gasteiger partial charge in [0.1, 0.15) is 48.8 Å². The SMILES string of the molecule is CCNC(=O)N(Cc1cccc(Cn2c(=O)[nH]c3c(N)nc(OCCOC)nc32)c1)CC1CC1.COCCOc1nc(N)c2[nH]c(=O)n(Cc3cccc(CN(CC4CC4)S(C)(=O)=O)c3)c2n1.COCCOc1nc(N)c2[nH]c(=O)n(Cc3cccc(CN4CCCCC4)c3)c2n1.COCCOc1nc(N)c2nc(C)n(Cc3ccc(CN4CCCC4)cc3)c2n1. The molecule has 126 heavy (non-hydrogen) atoms. The number of rotatable bonds is 38. The summed E-state index contributed by atoms with van der Waals surface area (Å²) >= 11 is 0. The third-order valence-corrected chi connectivity index (χ3v) is 22.9. The summed E-state index contributed by atoms with van der Waals surface area (Å²) in [6.07, 6.45) is 12.2. The van der Waals surface area contributed by atoms with Crippen LogP contribution in [-0.4, -0.2) is 245 Å². The topological polar surface area (TPSA) is 488 Å². The molecule has 4 aromatic carbocycles. The average molecular weight is 1760 g/mol. The monoisotopic (exact) mass is 1750 g/mol. The summed E-state index contributed by atoms with van der Waals surface area (Å²) in [6.45, 7) is 17.6. The summed E-state index contributed by atoms with van der Waals surface area (Å²) < 4.78 is 74.4. The molecule has 0 spiro atoms. The molecule has 2 amide bonds. The summed E-state index contributed by atoms with van der Waals surface area (Å²) in [6, 6.07) is 33.0. The zero-order chi connectivity index (χ0) is 88.8. The van der Waals surface area contributed by atoms with Crippen LogP contribution < -0.4 is 64.3 Å². The molecular formula is C86H115N25O14S. The molecule has 16 rings (SSSR count). The molecule has 10 heterocycles. The molecule has 2 saturated carbocycles. The first-order valence-corrected chi connectivity index (χ1v) is 44.3. The molecule has 4 aliphatic rings. The van der Waals surface area contributed by atoms with E-state index >= 15 is 0 Å². The van der Waals surface area contributed by atoms with Crippen LogP contribution in [0.25, 0.3) is 44.7 Å². The lowest BCUT2D eigenvalue weighted by Crippen LogP contribution is -2.40. The Morgan fingerprint density at radius 3 is 1.19 bits per heavy atom. The lowest BCUT2D eigenvalue weighted by Gasteiger charge is -2.26. The van der Waals surface area contributed by atoms with E-state index in [0.717, 1.165) is 79.2 Å². The number of aromatic nitrogens is 16. The number of fused-ring (bicyclic) bond motifs is 4. The normalized spacial score (nSPS) is 14.3. The van der Waals surface area contributed by atoms with Gasteiger partial charge in [0.05, 0.1) is 58.9 Å². The van der Waals surface area contributed by atoms with Crippen LogP contribution in [0.1, 0.15) is 115 Å². The Balaban J connectivity index is 0.000000144. The van der Waals surface area contributed by atoms with Gasteiger partial charge in [0.15, 0.2) is 51.4 Å². The standard InChI is InChI=1S/C23H31N7O4.C21H28N6O5S.C21H28N6O3.C21H28N6O2/c1-3-25-22(31)29(12-15-7-8-15)13-16-5-4-6-17(11-16)14-30-20-18(26-23(30)32)19(24)27-21(28-20)34-10-9-33-2;1-31-8-9-32-20-24-18(22)17-19(25-20)27(21(28)23-17)13-16-5-3-4-15(10-16)12-26(33(2,29)30)11-14-6-7-14;1-29-10-11-30-20-24-18(22)17-19(25-20)27(21(28)23-17)14-16-7-5-6-15(12-16)13-26-8-3-2-4-9-26;1-15-23-18-19(22)24-21(29-12-11-28-2)25-20(18)27(15)14-17-7-5-16(6-8-17)13-26-9-3-4-10-26/h4-6,11,15H,3,7-10,12-14H2,1-2H3,(H,25,31)(H,26,32)(H2,24,27,28);3-5,10,14H,6-9,11-13H2,1-2H3,(H,23,28)(H2,22,24,25);5-7,12H,2-4,8-11,13-14H2,1H3,(H,23,28)(H2,22,24,25);5-8H,3-4,9-14H2,1-2H3,(H2,22,24,25). The van der Waals surface area contributed by atoms with E-state index < -0.39 is 10.0 Å². The fourth-order valence-electron chi connectivity index (χ4n) is 14.9. The number of piperidine rings is 1. The van der Waals surface area contributed by atoms with E-state index in [2.05, 4.69) is 111 Å². The van der Waals surface area contributed by atoms with Crippen LogP contribution in [0.2, 0.25) is 0 Å². The number of H-pyrrole nitrogens is 3. The van der Waals surface area contributed by atoms with Crippen LogP contribution in [0.5, 0.6) is 24.0 Å². The number of nitrogens with one attached hydrogen (secondary N) is 4. The number of carbonyl (C=O) groups is 1. The zero-order valence-corrected chi connectivity index (χ0v) is 73.4. The molecule has 40 heteroatoms. The second kappa shape index (κ2) is 43.6. The number of hydrogen-bond donors (Lipinski definition) is 8. The van der Waals surface area contributed by atoms with Gasteiger partial charge in [0.2, 0.25) is 10.0 Å². The quantitative estimate of drug-likeness (QED) is 0.0184. The highest BCUT2D eigenvalue weighted by molar-refractivity contribution is 7.88. The van der Waals surface area contributed by atoms with Crippen molar-refractivity contribution in [2.45, 2.75) is 124 Å². The molecular weight excluding hydrogens is 1640 g/mol. The highest BCUT2D eigenvalue weighted by Crippen LogP contribution is 2.33. The summed E-state index contributed by atoms with van der Waals surface area (Å²) in [5.41, 5.74) is 35.1. The molecule has 4 fully saturated rings. The molecule has 2 aliphatic carbocycles. The van der Waals surface area contributed by atoms with E-state index in [0.29, 0.717) is 141 Å². The number of methoxy groups -OCH3 is 4. The molecule has 0 bridgehead atoms. The van der Waals surface area contributed by atoms with Gasteiger partial charge in [-0.15, -0.1) is 0 Å². The summed E-state index contributed by atoms with van der Waals surface area (Å²) in [4.78, 5) is 104. The maximum atomic E-state index is 12.7. The van der Waals surface area contributed by atoms with Crippen molar-refractivity contribution < 1.29 is 51.1 Å². The molecule has 0 radical (unpaired) electrons. The smallest absolute Gasteiger partial charge is 0.328 e. The highest BCUT2D eigenvalue weighted by Gasteiger charge is 2.30. The number of nitrogens with zero attached hydrogens (tertiary/aromatic N) is 17. The van der Waals surface area contributed by atoms with Gasteiger partial charge in [-0.25, -0.2) is 32.6 Å². The van der Waals surface area contributed by atoms with Crippen molar-refractivity contribution >= 4 is 84.0 Å². The van der Waals surface area contributed by atoms with Crippen LogP contribution >= 0.6 is 0 Å². The van der Waals surface area contributed by atoms with Crippen molar-refractivity contribution in [2.24, 2.45) is 11.8 Å². The number of amides is 2. The number of aromatic amines is 3. The predicted octanol–water partition coefficient (Wildman–Crippen LogP) is 6.81. The van der Waals surface area contributed by atoms with Gasteiger partial charge in [-0.2, -0.15) is 44.2 Å². The van der Waals surface area contributed by atoms with Crippen LogP contribution in [0.4, 0.5) is 28.1 Å². The lowest BCUT2D eigenvalue weighted by molar-refractivity contribution is 0.141. The minimum absolute atomic E-state index is 0.0548. The van der Waals surface area contributed by atoms with Crippen molar-refractivity contribution in [3.8, 4) is 24.0 Å². The molecule has 674 valence electrons. The fraction of sp³-hybridized carbons (Fsp3) is 0.477. The maximum Gasteiger partial charge on any atom is 0.328 e. The Labute approximate surface area is 728 Å². The zero-order valence-electron chi connectivity index (χ0n) is 72.6. The van der Waals surface area contributed by atoms with E-state index in [-0.39, 0.29) is 90.9 Å². The van der Waals surface area contributed by atoms with E-state index in [4.69, 9.17) is 60.8 Å². The number of ether oxygens (including phenoxy) is 8. The molecule has 12 N–H and O–H groups in total. The number of carbonyl (C=O) groups excluding carboxylic acids is 1. The van der Waals surface area contributed by atoms with E-state index in [1.165, 1.54) is 94.4 Å². The maximum absolute atomic E-state index is 12.7. The third kappa shape index (κ3) is 25.1. The van der Waals surface area contributed by atoms with Gasteiger partial charge < -0.3 is 90.6 Å². The lowest BCUT2D eigenvalue weighted by atomic mass is 10.1. The first-order chi connectivity index (χ1) is 61.0. The number of benzene rings is 4. The minimum Gasteiger partial charge on any atom is -0.461 e. The van der Waals surface area contributed by atoms with Crippen molar-refractivity contribution in [1.29, 1.82) is 0 Å². The van der Waals surface area contributed by atoms with Gasteiger partial charge >= 0.3 is 47.1 Å². The van der Waals surface area contributed by atoms with E-state index in [9.17, 15) is 27.6 Å². The first-order valence-electron chi connectivity index (χ1n) is 42.5. The van der Waals surface area contributed by atoms with Crippen LogP contribution in [0.15, 0.2) is 111 Å². The number of sulfonamides is 1. The Kier molecular flexibility index (Phi) is 31.7. The van der Waals surface area contributed by atoms with Crippen LogP contribution in [0.3, 0.4) is 0 Å². The highest BCUT2D eigenvalue weighted by atomic mass is 32.2. The molecule has 2 saturated heterocycles. The predicted molar refractivity (Wildman–Crippen MR) is 478 cm³/mol. The number of imidazole rings is 4. The number of likely N-dealkylation sites (tertiary alicyclic amines) is 2. The van der Waals surface area contributed by atoms with Crippen molar-refractivity contribution in [2.75, 3.05) is 156 Å². The molecule has 2 aliphatic heterocycles. The Morgan fingerprint density at radius 2 is 0.786 bits per heavy atom. The Bertz CT molecular complexity index is 5950. The van der Waals surface area contributed by atoms with Crippen molar-refractivity contribution in [3.05, 3.63) is 179 Å². The summed E-state index contributed by atoms with van der Waals surface area (Å²) in [7, 11) is 3.02. The minimum atomic E-state index is -3.32. The number of aryl methyl sites for hydroxylation is 1. The largest absolute Gasteiger partial charge is 0.461 e. The Morgan fingerprint density at radius 1 is 0.437 bits per heavy atom. The second-order valence-electron chi connectivity index (χ2n) is 31.7. The van der Waals surface area contributed by atoms with Gasteiger partial charge in [-0.1, -0.05) is 103 Å². The molecule has 39 nitrogen and oxygen atoms in total. The Hall–Kier alpha value is -12.2. The fourth-order valence-corrected chi connectivity index (χ4v) is 15.8. The van der Waals surface area contributed by atoms with Gasteiger partial charge in [-0.3, -0.25) is 23.5 Å². The molecule has 8 aromatic heterocycles. The average Bonchev–Trinajstić information content (AvgIpc) is 1.65. The third-order valence-electron chi connectivity index (χ3n) is 21.7. The number of nitrogens with two attached hydrogens (primary N) is 4. The number of hydrogen-bond acceptors (Lipinski definition) is 29. The van der Waals surface area contributed by atoms with Crippen molar-refractivity contribution in [1.82, 2.24) is 102 Å². The van der Waals surface area contributed by atoms with Gasteiger partial charge in [-0.05, 0) is 148 Å². The van der Waals surface area contributed by atoms with Gasteiger partial charge in [0, 0.05) is 74.3 Å². The van der Waals surface area contributed by atoms with Crippen LogP contribution in [0, 0.1) is 18.8 Å². The molecule has 0 atom stereocenters. The number of anilines is 4. The van der Waals surface area contributed by atoms with Crippen molar-refractivity contribution in [3.63, 3.8) is 0 Å². The number of nitrogen functional groups attached to an aromatic ring is 4. The number of urea groups is 1.